The van der Waals surface area contributed by atoms with Gasteiger partial charge in [0.05, 0.1) is 12.7 Å². The number of rotatable bonds is 6. The van der Waals surface area contributed by atoms with Gasteiger partial charge in [0.15, 0.2) is 0 Å². The molecule has 2 aromatic carbocycles. The predicted octanol–water partition coefficient (Wildman–Crippen LogP) is 3.01. The predicted molar refractivity (Wildman–Crippen MR) is 88.7 cm³/mol. The number of hydrogen-bond acceptors (Lipinski definition) is 4. The van der Waals surface area contributed by atoms with Gasteiger partial charge in [-0.15, -0.1) is 0 Å². The molecule has 6 heteroatoms. The fourth-order valence-corrected chi connectivity index (χ4v) is 2.34. The highest BCUT2D eigenvalue weighted by molar-refractivity contribution is 5.89. The lowest BCUT2D eigenvalue weighted by atomic mass is 10.1. The van der Waals surface area contributed by atoms with E-state index in [4.69, 9.17) is 4.74 Å². The summed E-state index contributed by atoms with van der Waals surface area (Å²) in [5, 5.41) is 2.89. The maximum absolute atomic E-state index is 13.2. The number of carbonyl (C=O) groups is 2. The number of carbonyl (C=O) groups excluding carboxylic acids is 2. The molecule has 1 fully saturated rings. The van der Waals surface area contributed by atoms with Gasteiger partial charge in [-0.2, -0.15) is 0 Å². The first-order chi connectivity index (χ1) is 12.1. The molecular formula is C19H18FNO4. The number of hydrogen-bond donors (Lipinski definition) is 1. The van der Waals surface area contributed by atoms with Gasteiger partial charge in [0.1, 0.15) is 11.6 Å². The molecule has 0 spiro atoms. The second kappa shape index (κ2) is 7.34. The Hall–Kier alpha value is -2.89. The summed E-state index contributed by atoms with van der Waals surface area (Å²) in [4.78, 5) is 24.0. The molecule has 0 saturated heterocycles. The van der Waals surface area contributed by atoms with Crippen LogP contribution in [0.15, 0.2) is 48.5 Å². The van der Waals surface area contributed by atoms with E-state index in [0.717, 1.165) is 12.8 Å². The quantitative estimate of drug-likeness (QED) is 0.819. The highest BCUT2D eigenvalue weighted by Crippen LogP contribution is 2.26. The molecule has 1 aliphatic rings. The average Bonchev–Trinajstić information content (AvgIpc) is 3.44. The molecule has 1 atom stereocenters. The normalized spacial score (nSPS) is 14.5. The topological polar surface area (TPSA) is 64.6 Å². The summed E-state index contributed by atoms with van der Waals surface area (Å²) in [5.41, 5.74) is 0.937. The number of benzene rings is 2. The molecule has 1 aliphatic carbocycles. The van der Waals surface area contributed by atoms with Crippen LogP contribution in [0.3, 0.4) is 0 Å². The van der Waals surface area contributed by atoms with Crippen molar-refractivity contribution in [2.24, 2.45) is 0 Å². The molecule has 0 aliphatic heterocycles. The van der Waals surface area contributed by atoms with Gasteiger partial charge in [0.2, 0.25) is 6.10 Å². The van der Waals surface area contributed by atoms with Crippen LogP contribution < -0.4 is 10.1 Å². The first-order valence-electron chi connectivity index (χ1n) is 7.97. The van der Waals surface area contributed by atoms with E-state index in [1.54, 1.807) is 24.3 Å². The number of amides is 1. The van der Waals surface area contributed by atoms with Gasteiger partial charge in [0, 0.05) is 11.6 Å². The van der Waals surface area contributed by atoms with Gasteiger partial charge in [0.25, 0.3) is 5.91 Å². The first kappa shape index (κ1) is 17.0. The third-order valence-electron chi connectivity index (χ3n) is 3.86. The lowest BCUT2D eigenvalue weighted by Crippen LogP contribution is -2.33. The monoisotopic (exact) mass is 343 g/mol. The van der Waals surface area contributed by atoms with Crippen molar-refractivity contribution in [3.05, 3.63) is 65.5 Å². The molecular weight excluding hydrogens is 325 g/mol. The minimum atomic E-state index is -0.898. The molecule has 0 unspecified atom stereocenters. The van der Waals surface area contributed by atoms with Crippen molar-refractivity contribution in [3.8, 4) is 5.75 Å². The Balaban J connectivity index is 1.79. The van der Waals surface area contributed by atoms with Crippen LogP contribution in [0.1, 0.15) is 34.9 Å². The van der Waals surface area contributed by atoms with Crippen molar-refractivity contribution < 1.29 is 23.5 Å². The molecule has 25 heavy (non-hydrogen) atoms. The zero-order valence-corrected chi connectivity index (χ0v) is 13.7. The first-order valence-corrected chi connectivity index (χ1v) is 7.97. The van der Waals surface area contributed by atoms with Gasteiger partial charge >= 0.3 is 5.97 Å². The molecule has 3 rings (SSSR count). The molecule has 0 aromatic heterocycles. The van der Waals surface area contributed by atoms with Crippen molar-refractivity contribution in [1.82, 2.24) is 5.32 Å². The van der Waals surface area contributed by atoms with E-state index in [9.17, 15) is 14.0 Å². The Bertz CT molecular complexity index is 754. The van der Waals surface area contributed by atoms with E-state index >= 15 is 0 Å². The van der Waals surface area contributed by atoms with Gasteiger partial charge in [-0.3, -0.25) is 4.79 Å². The van der Waals surface area contributed by atoms with Gasteiger partial charge < -0.3 is 14.8 Å². The minimum Gasteiger partial charge on any atom is -0.476 e. The summed E-state index contributed by atoms with van der Waals surface area (Å²) in [7, 11) is 1.31. The van der Waals surface area contributed by atoms with Crippen molar-refractivity contribution >= 4 is 11.9 Å². The lowest BCUT2D eigenvalue weighted by molar-refractivity contribution is -0.128. The molecule has 2 aromatic rings. The summed E-state index contributed by atoms with van der Waals surface area (Å²) in [6.45, 7) is 0. The van der Waals surface area contributed by atoms with Crippen molar-refractivity contribution in [2.45, 2.75) is 25.0 Å². The number of esters is 1. The second-order valence-electron chi connectivity index (χ2n) is 5.85. The van der Waals surface area contributed by atoms with E-state index in [0.29, 0.717) is 16.9 Å². The largest absolute Gasteiger partial charge is 0.476 e. The molecule has 1 amide bonds. The molecule has 5 nitrogen and oxygen atoms in total. The molecule has 0 bridgehead atoms. The van der Waals surface area contributed by atoms with Crippen LogP contribution in [0.25, 0.3) is 0 Å². The zero-order valence-electron chi connectivity index (χ0n) is 13.7. The third kappa shape index (κ3) is 4.35. The summed E-state index contributed by atoms with van der Waals surface area (Å²) in [5.74, 6) is -0.681. The number of halogens is 1. The molecule has 1 saturated carbocycles. The van der Waals surface area contributed by atoms with E-state index < -0.39 is 12.1 Å². The summed E-state index contributed by atoms with van der Waals surface area (Å²) < 4.78 is 23.6. The Morgan fingerprint density at radius 2 is 1.72 bits per heavy atom. The van der Waals surface area contributed by atoms with Crippen LogP contribution in [0.4, 0.5) is 4.39 Å². The highest BCUT2D eigenvalue weighted by atomic mass is 19.1. The SMILES string of the molecule is COC(=O)c1ccc(O[C@H](C(=O)NC2CC2)c2ccc(F)cc2)cc1. The average molecular weight is 343 g/mol. The number of ether oxygens (including phenoxy) is 2. The lowest BCUT2D eigenvalue weighted by Gasteiger charge is -2.19. The van der Waals surface area contributed by atoms with Crippen molar-refractivity contribution in [2.75, 3.05) is 7.11 Å². The molecule has 0 radical (unpaired) electrons. The Morgan fingerprint density at radius 1 is 1.08 bits per heavy atom. The van der Waals surface area contributed by atoms with E-state index in [1.165, 1.54) is 31.4 Å². The van der Waals surface area contributed by atoms with Crippen LogP contribution in [0, 0.1) is 5.82 Å². The van der Waals surface area contributed by atoms with Crippen molar-refractivity contribution in [1.29, 1.82) is 0 Å². The fraction of sp³-hybridized carbons (Fsp3) is 0.263. The van der Waals surface area contributed by atoms with Crippen LogP contribution in [-0.2, 0) is 9.53 Å². The van der Waals surface area contributed by atoms with E-state index in [1.807, 2.05) is 0 Å². The minimum absolute atomic E-state index is 0.181. The standard InChI is InChI=1S/C19H18FNO4/c1-24-19(23)13-4-10-16(11-5-13)25-17(18(22)21-15-8-9-15)12-2-6-14(20)7-3-12/h2-7,10-11,15,17H,8-9H2,1H3,(H,21,22)/t17-/m0/s1. The van der Waals surface area contributed by atoms with Crippen molar-refractivity contribution in [3.63, 3.8) is 0 Å². The maximum atomic E-state index is 13.2. The van der Waals surface area contributed by atoms with Crippen LogP contribution in [0.2, 0.25) is 0 Å². The smallest absolute Gasteiger partial charge is 0.337 e. The Morgan fingerprint density at radius 3 is 2.28 bits per heavy atom. The fourth-order valence-electron chi connectivity index (χ4n) is 2.34. The van der Waals surface area contributed by atoms with Crippen LogP contribution >= 0.6 is 0 Å². The highest BCUT2D eigenvalue weighted by Gasteiger charge is 2.29. The van der Waals surface area contributed by atoms with Crippen LogP contribution in [-0.4, -0.2) is 25.0 Å². The van der Waals surface area contributed by atoms with Gasteiger partial charge in [-0.1, -0.05) is 12.1 Å². The third-order valence-corrected chi connectivity index (χ3v) is 3.86. The Labute approximate surface area is 144 Å². The molecule has 0 heterocycles. The summed E-state index contributed by atoms with van der Waals surface area (Å²) in [6.07, 6.45) is 1.01. The molecule has 130 valence electrons. The maximum Gasteiger partial charge on any atom is 0.337 e. The number of nitrogens with one attached hydrogen (secondary N) is 1. The van der Waals surface area contributed by atoms with E-state index in [2.05, 4.69) is 10.1 Å². The number of methoxy groups -OCH3 is 1. The van der Waals surface area contributed by atoms with Gasteiger partial charge in [-0.05, 0) is 49.2 Å². The second-order valence-corrected chi connectivity index (χ2v) is 5.85. The summed E-state index contributed by atoms with van der Waals surface area (Å²) in [6, 6.07) is 12.1. The van der Waals surface area contributed by atoms with Crippen LogP contribution in [0.5, 0.6) is 5.75 Å². The van der Waals surface area contributed by atoms with E-state index in [-0.39, 0.29) is 17.8 Å². The summed E-state index contributed by atoms with van der Waals surface area (Å²) >= 11 is 0. The molecule has 1 N–H and O–H groups in total. The Kier molecular flexibility index (Phi) is 4.97. The van der Waals surface area contributed by atoms with Gasteiger partial charge in [-0.25, -0.2) is 9.18 Å². The zero-order chi connectivity index (χ0) is 17.8.